The number of hydrogen-bond donors (Lipinski definition) is 1. The van der Waals surface area contributed by atoms with Crippen molar-refractivity contribution >= 4 is 23.5 Å². The Balaban J connectivity index is 2.18. The van der Waals surface area contributed by atoms with Crippen LogP contribution in [-0.2, 0) is 9.53 Å². The van der Waals surface area contributed by atoms with Gasteiger partial charge in [-0.25, -0.2) is 0 Å². The molecule has 0 fully saturated rings. The number of amides is 1. The van der Waals surface area contributed by atoms with Crippen molar-refractivity contribution in [2.45, 2.75) is 25.5 Å². The van der Waals surface area contributed by atoms with Crippen molar-refractivity contribution in [3.63, 3.8) is 0 Å². The highest BCUT2D eigenvalue weighted by Crippen LogP contribution is 2.21. The second-order valence-corrected chi connectivity index (χ2v) is 5.79. The van der Waals surface area contributed by atoms with E-state index in [-0.39, 0.29) is 12.3 Å². The van der Waals surface area contributed by atoms with E-state index in [1.165, 1.54) is 6.92 Å². The topological polar surface area (TPSA) is 79.2 Å². The zero-order chi connectivity index (χ0) is 18.2. The number of benzene rings is 2. The van der Waals surface area contributed by atoms with E-state index in [0.29, 0.717) is 10.6 Å². The van der Waals surface area contributed by atoms with Gasteiger partial charge in [0.1, 0.15) is 6.07 Å². The molecule has 6 heteroatoms. The highest BCUT2D eigenvalue weighted by molar-refractivity contribution is 6.33. The van der Waals surface area contributed by atoms with Crippen LogP contribution in [0.3, 0.4) is 0 Å². The Morgan fingerprint density at radius 1 is 1.16 bits per heavy atom. The molecule has 2 rings (SSSR count). The van der Waals surface area contributed by atoms with E-state index in [4.69, 9.17) is 21.6 Å². The molecule has 0 aromatic heterocycles. The fraction of sp³-hybridized carbons (Fsp3) is 0.211. The van der Waals surface area contributed by atoms with Crippen molar-refractivity contribution in [2.24, 2.45) is 0 Å². The quantitative estimate of drug-likeness (QED) is 0.801. The Kier molecular flexibility index (Phi) is 6.55. The van der Waals surface area contributed by atoms with Crippen molar-refractivity contribution in [1.29, 1.82) is 5.26 Å². The molecule has 0 radical (unpaired) electrons. The lowest BCUT2D eigenvalue weighted by Crippen LogP contribution is -2.31. The van der Waals surface area contributed by atoms with Crippen LogP contribution in [0.15, 0.2) is 54.6 Å². The molecule has 0 aliphatic heterocycles. The van der Waals surface area contributed by atoms with Gasteiger partial charge in [-0.15, -0.1) is 0 Å². The maximum absolute atomic E-state index is 12.5. The summed E-state index contributed by atoms with van der Waals surface area (Å²) < 4.78 is 4.99. The second kappa shape index (κ2) is 8.86. The van der Waals surface area contributed by atoms with E-state index >= 15 is 0 Å². The molecule has 0 unspecified atom stereocenters. The van der Waals surface area contributed by atoms with Gasteiger partial charge < -0.3 is 10.1 Å². The van der Waals surface area contributed by atoms with Crippen LogP contribution in [0.25, 0.3) is 0 Å². The van der Waals surface area contributed by atoms with Crippen LogP contribution in [0.1, 0.15) is 35.3 Å². The van der Waals surface area contributed by atoms with E-state index < -0.39 is 18.1 Å². The summed E-state index contributed by atoms with van der Waals surface area (Å²) in [5.41, 5.74) is 1.08. The smallest absolute Gasteiger partial charge is 0.309 e. The van der Waals surface area contributed by atoms with Crippen molar-refractivity contribution in [2.75, 3.05) is 0 Å². The molecule has 2 aromatic carbocycles. The number of nitrogens with zero attached hydrogens (tertiary/aromatic N) is 1. The Hall–Kier alpha value is -2.84. The van der Waals surface area contributed by atoms with E-state index in [0.717, 1.165) is 5.56 Å². The van der Waals surface area contributed by atoms with E-state index in [2.05, 4.69) is 5.32 Å². The lowest BCUT2D eigenvalue weighted by molar-refractivity contribution is -0.146. The number of halogens is 1. The SMILES string of the molecule is C[C@@H](C#N)OC(=O)C[C@@H](NC(=O)c1ccccc1Cl)c1ccccc1. The Morgan fingerprint density at radius 3 is 2.44 bits per heavy atom. The minimum absolute atomic E-state index is 0.0910. The first-order chi connectivity index (χ1) is 12.0. The van der Waals surface area contributed by atoms with Gasteiger partial charge in [0.25, 0.3) is 5.91 Å². The van der Waals surface area contributed by atoms with Gasteiger partial charge >= 0.3 is 5.97 Å². The van der Waals surface area contributed by atoms with Crippen LogP contribution in [0.5, 0.6) is 0 Å². The molecule has 0 aliphatic carbocycles. The average Bonchev–Trinajstić information content (AvgIpc) is 2.62. The highest BCUT2D eigenvalue weighted by Gasteiger charge is 2.22. The zero-order valence-corrected chi connectivity index (χ0v) is 14.4. The van der Waals surface area contributed by atoms with Crippen LogP contribution in [0, 0.1) is 11.3 Å². The number of ether oxygens (including phenoxy) is 1. The van der Waals surface area contributed by atoms with E-state index in [9.17, 15) is 9.59 Å². The number of rotatable bonds is 6. The largest absolute Gasteiger partial charge is 0.447 e. The molecule has 0 saturated carbocycles. The first-order valence-electron chi connectivity index (χ1n) is 7.70. The first-order valence-corrected chi connectivity index (χ1v) is 8.08. The predicted molar refractivity (Wildman–Crippen MR) is 93.9 cm³/mol. The van der Waals surface area contributed by atoms with Gasteiger partial charge in [-0.05, 0) is 24.6 Å². The number of esters is 1. The standard InChI is InChI=1S/C19H17ClN2O3/c1-13(12-21)25-18(23)11-17(14-7-3-2-4-8-14)22-19(24)15-9-5-6-10-16(15)20/h2-10,13,17H,11H2,1H3,(H,22,24)/t13-,17+/m0/s1. The van der Waals surface area contributed by atoms with Gasteiger partial charge in [0.15, 0.2) is 6.10 Å². The van der Waals surface area contributed by atoms with E-state index in [1.807, 2.05) is 24.3 Å². The molecule has 1 N–H and O–H groups in total. The maximum Gasteiger partial charge on any atom is 0.309 e. The van der Waals surface area contributed by atoms with Crippen molar-refractivity contribution in [1.82, 2.24) is 5.32 Å². The third-order valence-electron chi connectivity index (χ3n) is 3.49. The molecule has 0 aliphatic rings. The van der Waals surface area contributed by atoms with E-state index in [1.54, 1.807) is 36.4 Å². The van der Waals surface area contributed by atoms with Crippen molar-refractivity contribution in [3.8, 4) is 6.07 Å². The summed E-state index contributed by atoms with van der Waals surface area (Å²) in [6.45, 7) is 1.48. The molecule has 25 heavy (non-hydrogen) atoms. The molecule has 0 bridgehead atoms. The van der Waals surface area contributed by atoms with Crippen LogP contribution in [0.2, 0.25) is 5.02 Å². The van der Waals surface area contributed by atoms with Crippen LogP contribution in [0.4, 0.5) is 0 Å². The lowest BCUT2D eigenvalue weighted by atomic mass is 10.0. The van der Waals surface area contributed by atoms with Gasteiger partial charge in [-0.2, -0.15) is 5.26 Å². The Bertz CT molecular complexity index is 787. The number of carbonyl (C=O) groups is 2. The number of carbonyl (C=O) groups excluding carboxylic acids is 2. The van der Waals surface area contributed by atoms with Gasteiger partial charge in [-0.3, -0.25) is 9.59 Å². The van der Waals surface area contributed by atoms with Crippen molar-refractivity contribution < 1.29 is 14.3 Å². The number of nitriles is 1. The molecule has 0 saturated heterocycles. The summed E-state index contributed by atoms with van der Waals surface area (Å²) >= 11 is 6.05. The molecule has 0 spiro atoms. The summed E-state index contributed by atoms with van der Waals surface area (Å²) in [6, 6.07) is 17.0. The minimum atomic E-state index is -0.844. The third kappa shape index (κ3) is 5.33. The lowest BCUT2D eigenvalue weighted by Gasteiger charge is -2.19. The second-order valence-electron chi connectivity index (χ2n) is 5.38. The Labute approximate surface area is 151 Å². The van der Waals surface area contributed by atoms with Gasteiger partial charge in [0, 0.05) is 0 Å². The molecular weight excluding hydrogens is 340 g/mol. The zero-order valence-electron chi connectivity index (χ0n) is 13.6. The third-order valence-corrected chi connectivity index (χ3v) is 3.82. The first kappa shape index (κ1) is 18.5. The Morgan fingerprint density at radius 2 is 1.80 bits per heavy atom. The van der Waals surface area contributed by atoms with Crippen molar-refractivity contribution in [3.05, 3.63) is 70.7 Å². The summed E-state index contributed by atoms with van der Waals surface area (Å²) in [7, 11) is 0. The molecule has 0 heterocycles. The molecule has 2 atom stereocenters. The monoisotopic (exact) mass is 356 g/mol. The summed E-state index contributed by atoms with van der Waals surface area (Å²) in [5, 5.41) is 11.9. The normalized spacial score (nSPS) is 12.5. The summed E-state index contributed by atoms with van der Waals surface area (Å²) in [4.78, 5) is 24.5. The maximum atomic E-state index is 12.5. The summed E-state index contributed by atoms with van der Waals surface area (Å²) in [6.07, 6.45) is -0.935. The van der Waals surface area contributed by atoms with Gasteiger partial charge in [0.05, 0.1) is 23.0 Å². The highest BCUT2D eigenvalue weighted by atomic mass is 35.5. The van der Waals surface area contributed by atoms with Gasteiger partial charge in [0.2, 0.25) is 0 Å². The fourth-order valence-electron chi connectivity index (χ4n) is 2.26. The van der Waals surface area contributed by atoms with Crippen LogP contribution >= 0.6 is 11.6 Å². The molecule has 128 valence electrons. The predicted octanol–water partition coefficient (Wildman–Crippen LogP) is 3.66. The number of nitrogens with one attached hydrogen (secondary N) is 1. The summed E-state index contributed by atoms with van der Waals surface area (Å²) in [5.74, 6) is -0.956. The number of hydrogen-bond acceptors (Lipinski definition) is 4. The van der Waals surface area contributed by atoms with Crippen LogP contribution in [-0.4, -0.2) is 18.0 Å². The van der Waals surface area contributed by atoms with Gasteiger partial charge in [-0.1, -0.05) is 54.1 Å². The average molecular weight is 357 g/mol. The molecule has 1 amide bonds. The minimum Gasteiger partial charge on any atom is -0.447 e. The fourth-order valence-corrected chi connectivity index (χ4v) is 2.48. The molecule has 2 aromatic rings. The molecule has 5 nitrogen and oxygen atoms in total. The molecular formula is C19H17ClN2O3. The van der Waals surface area contributed by atoms with Crippen LogP contribution < -0.4 is 5.32 Å².